The summed E-state index contributed by atoms with van der Waals surface area (Å²) in [6.45, 7) is 2.21. The third-order valence-corrected chi connectivity index (χ3v) is 3.08. The minimum Gasteiger partial charge on any atom is -0.327 e. The molecule has 3 atom stereocenters. The summed E-state index contributed by atoms with van der Waals surface area (Å²) < 4.78 is 0. The molecule has 1 saturated carbocycles. The molecule has 0 bridgehead atoms. The van der Waals surface area contributed by atoms with E-state index in [4.69, 9.17) is 5.73 Å². The first-order chi connectivity index (χ1) is 6.29. The molecule has 1 aliphatic carbocycles. The molecule has 1 heterocycles. The van der Waals surface area contributed by atoms with Crippen LogP contribution in [-0.4, -0.2) is 16.0 Å². The third-order valence-electron chi connectivity index (χ3n) is 3.08. The van der Waals surface area contributed by atoms with E-state index in [0.717, 1.165) is 18.5 Å². The van der Waals surface area contributed by atoms with Crippen molar-refractivity contribution in [2.75, 3.05) is 0 Å². The molecule has 0 saturated heterocycles. The summed E-state index contributed by atoms with van der Waals surface area (Å²) in [7, 11) is 0. The number of hydrogen-bond acceptors (Lipinski definition) is 3. The van der Waals surface area contributed by atoms with Crippen molar-refractivity contribution >= 4 is 0 Å². The lowest BCUT2D eigenvalue weighted by Gasteiger charge is -2.16. The fraction of sp³-hybridized carbons (Fsp3) is 0.600. The predicted molar refractivity (Wildman–Crippen MR) is 51.1 cm³/mol. The Kier molecular flexibility index (Phi) is 2.27. The maximum Gasteiger partial charge on any atom is 0.0620 e. The highest BCUT2D eigenvalue weighted by molar-refractivity contribution is 5.09. The van der Waals surface area contributed by atoms with Gasteiger partial charge in [0.1, 0.15) is 0 Å². The molecular weight excluding hydrogens is 162 g/mol. The Bertz CT molecular complexity index is 273. The van der Waals surface area contributed by atoms with Crippen molar-refractivity contribution in [1.29, 1.82) is 0 Å². The highest BCUT2D eigenvalue weighted by Crippen LogP contribution is 2.37. The van der Waals surface area contributed by atoms with Crippen molar-refractivity contribution in [3.8, 4) is 0 Å². The van der Waals surface area contributed by atoms with Crippen LogP contribution in [-0.2, 0) is 0 Å². The minimum absolute atomic E-state index is 0.340. The zero-order valence-electron chi connectivity index (χ0n) is 7.85. The van der Waals surface area contributed by atoms with Gasteiger partial charge < -0.3 is 5.73 Å². The van der Waals surface area contributed by atoms with Gasteiger partial charge in [0, 0.05) is 30.6 Å². The van der Waals surface area contributed by atoms with Crippen LogP contribution in [0.4, 0.5) is 0 Å². The number of aromatic nitrogens is 2. The number of rotatable bonds is 1. The Balaban J connectivity index is 2.19. The van der Waals surface area contributed by atoms with Crippen LogP contribution in [0, 0.1) is 5.92 Å². The Morgan fingerprint density at radius 2 is 2.23 bits per heavy atom. The molecule has 1 fully saturated rings. The smallest absolute Gasteiger partial charge is 0.0620 e. The van der Waals surface area contributed by atoms with Crippen molar-refractivity contribution < 1.29 is 0 Å². The van der Waals surface area contributed by atoms with Crippen molar-refractivity contribution in [3.63, 3.8) is 0 Å². The van der Waals surface area contributed by atoms with Gasteiger partial charge in [-0.25, -0.2) is 0 Å². The first-order valence-electron chi connectivity index (χ1n) is 4.80. The van der Waals surface area contributed by atoms with E-state index in [1.54, 1.807) is 12.4 Å². The molecule has 2 N–H and O–H groups in total. The average molecular weight is 177 g/mol. The lowest BCUT2D eigenvalue weighted by atomic mass is 9.93. The molecule has 0 amide bonds. The summed E-state index contributed by atoms with van der Waals surface area (Å²) in [5, 5.41) is 0. The van der Waals surface area contributed by atoms with Gasteiger partial charge in [0.15, 0.2) is 0 Å². The van der Waals surface area contributed by atoms with E-state index >= 15 is 0 Å². The maximum atomic E-state index is 5.96. The second-order valence-electron chi connectivity index (χ2n) is 3.84. The van der Waals surface area contributed by atoms with Gasteiger partial charge in [0.25, 0.3) is 0 Å². The molecule has 2 rings (SSSR count). The molecule has 70 valence electrons. The van der Waals surface area contributed by atoms with Crippen LogP contribution >= 0.6 is 0 Å². The molecule has 0 aliphatic heterocycles. The van der Waals surface area contributed by atoms with Gasteiger partial charge >= 0.3 is 0 Å². The topological polar surface area (TPSA) is 51.8 Å². The second kappa shape index (κ2) is 3.42. The zero-order chi connectivity index (χ0) is 9.26. The van der Waals surface area contributed by atoms with Crippen LogP contribution in [0.1, 0.15) is 31.4 Å². The normalized spacial score (nSPS) is 33.5. The predicted octanol–water partition coefficient (Wildman–Crippen LogP) is 1.32. The highest BCUT2D eigenvalue weighted by Gasteiger charge is 2.32. The molecule has 3 heteroatoms. The number of nitrogens with two attached hydrogens (primary N) is 1. The average Bonchev–Trinajstić information content (AvgIpc) is 2.49. The molecule has 3 nitrogen and oxygen atoms in total. The molecule has 0 radical (unpaired) electrons. The van der Waals surface area contributed by atoms with E-state index < -0.39 is 0 Å². The fourth-order valence-electron chi connectivity index (χ4n) is 2.12. The van der Waals surface area contributed by atoms with Crippen LogP contribution in [0.25, 0.3) is 0 Å². The second-order valence-corrected chi connectivity index (χ2v) is 3.84. The zero-order valence-corrected chi connectivity index (χ0v) is 7.85. The molecule has 3 unspecified atom stereocenters. The summed E-state index contributed by atoms with van der Waals surface area (Å²) in [4.78, 5) is 8.41. The van der Waals surface area contributed by atoms with Gasteiger partial charge in [0.2, 0.25) is 0 Å². The van der Waals surface area contributed by atoms with E-state index in [1.807, 2.05) is 6.20 Å². The van der Waals surface area contributed by atoms with Crippen molar-refractivity contribution in [1.82, 2.24) is 9.97 Å². The van der Waals surface area contributed by atoms with Crippen molar-refractivity contribution in [2.45, 2.75) is 31.7 Å². The Morgan fingerprint density at radius 1 is 1.38 bits per heavy atom. The lowest BCUT2D eigenvalue weighted by Crippen LogP contribution is -2.24. The molecular formula is C10H15N3. The first-order valence-corrected chi connectivity index (χ1v) is 4.80. The maximum absolute atomic E-state index is 5.96. The lowest BCUT2D eigenvalue weighted by molar-refractivity contribution is 0.471. The van der Waals surface area contributed by atoms with Gasteiger partial charge in [-0.15, -0.1) is 0 Å². The van der Waals surface area contributed by atoms with E-state index in [9.17, 15) is 0 Å². The minimum atomic E-state index is 0.340. The van der Waals surface area contributed by atoms with Crippen LogP contribution < -0.4 is 5.73 Å². The fourth-order valence-corrected chi connectivity index (χ4v) is 2.12. The van der Waals surface area contributed by atoms with E-state index in [0.29, 0.717) is 17.9 Å². The standard InChI is InChI=1S/C10H15N3/c1-7-8(2-3-9(7)11)10-6-12-4-5-13-10/h4-9H,2-3,11H2,1H3. The first kappa shape index (κ1) is 8.63. The van der Waals surface area contributed by atoms with Crippen LogP contribution in [0.15, 0.2) is 18.6 Å². The molecule has 0 spiro atoms. The van der Waals surface area contributed by atoms with E-state index in [2.05, 4.69) is 16.9 Å². The van der Waals surface area contributed by atoms with E-state index in [-0.39, 0.29) is 0 Å². The summed E-state index contributed by atoms with van der Waals surface area (Å²) in [5.41, 5.74) is 7.06. The van der Waals surface area contributed by atoms with E-state index in [1.165, 1.54) is 0 Å². The summed E-state index contributed by atoms with van der Waals surface area (Å²) >= 11 is 0. The highest BCUT2D eigenvalue weighted by atomic mass is 14.8. The van der Waals surface area contributed by atoms with Gasteiger partial charge in [-0.05, 0) is 18.8 Å². The van der Waals surface area contributed by atoms with Gasteiger partial charge in [-0.2, -0.15) is 0 Å². The SMILES string of the molecule is CC1C(N)CCC1c1cnccn1. The monoisotopic (exact) mass is 177 g/mol. The molecule has 0 aromatic carbocycles. The Hall–Kier alpha value is -0.960. The Morgan fingerprint density at radius 3 is 2.77 bits per heavy atom. The quantitative estimate of drug-likeness (QED) is 0.703. The molecule has 1 aromatic rings. The summed E-state index contributed by atoms with van der Waals surface area (Å²) in [6.07, 6.45) is 7.59. The Labute approximate surface area is 78.4 Å². The largest absolute Gasteiger partial charge is 0.327 e. The number of nitrogens with zero attached hydrogens (tertiary/aromatic N) is 2. The summed E-state index contributed by atoms with van der Waals surface area (Å²) in [5.74, 6) is 1.06. The molecule has 1 aliphatic rings. The third kappa shape index (κ3) is 1.56. The molecule has 1 aromatic heterocycles. The van der Waals surface area contributed by atoms with Crippen LogP contribution in [0.2, 0.25) is 0 Å². The van der Waals surface area contributed by atoms with Gasteiger partial charge in [-0.3, -0.25) is 9.97 Å². The number of hydrogen-bond donors (Lipinski definition) is 1. The van der Waals surface area contributed by atoms with Crippen LogP contribution in [0.3, 0.4) is 0 Å². The molecule has 13 heavy (non-hydrogen) atoms. The summed E-state index contributed by atoms with van der Waals surface area (Å²) in [6, 6.07) is 0.340. The van der Waals surface area contributed by atoms with Gasteiger partial charge in [-0.1, -0.05) is 6.92 Å². The van der Waals surface area contributed by atoms with Crippen LogP contribution in [0.5, 0.6) is 0 Å². The van der Waals surface area contributed by atoms with Crippen molar-refractivity contribution in [3.05, 3.63) is 24.3 Å². The van der Waals surface area contributed by atoms with Gasteiger partial charge in [0.05, 0.1) is 5.69 Å². The van der Waals surface area contributed by atoms with Crippen molar-refractivity contribution in [2.24, 2.45) is 11.7 Å².